The van der Waals surface area contributed by atoms with E-state index >= 15 is 0 Å². The number of carbonyl (C=O) groups excluding carboxylic acids is 4. The van der Waals surface area contributed by atoms with Crippen LogP contribution in [0.1, 0.15) is 69.7 Å². The Labute approximate surface area is 235 Å². The number of aromatic hydroxyl groups is 1. The zero-order chi connectivity index (χ0) is 29.6. The number of primary amides is 1. The summed E-state index contributed by atoms with van der Waals surface area (Å²) in [6.07, 6.45) is -0.442. The Hall–Kier alpha value is -4.08. The number of nitrogens with zero attached hydrogens (tertiary/aromatic N) is 1. The number of phenols is 1. The maximum absolute atomic E-state index is 14.2. The van der Waals surface area contributed by atoms with E-state index in [-0.39, 0.29) is 42.7 Å². The molecule has 10 heteroatoms. The van der Waals surface area contributed by atoms with Crippen molar-refractivity contribution in [1.29, 1.82) is 0 Å². The summed E-state index contributed by atoms with van der Waals surface area (Å²) in [4.78, 5) is 53.8. The number of carbonyl (C=O) groups is 4. The Morgan fingerprint density at radius 1 is 1.10 bits per heavy atom. The van der Waals surface area contributed by atoms with Gasteiger partial charge in [-0.05, 0) is 57.6 Å². The van der Waals surface area contributed by atoms with E-state index in [1.807, 2.05) is 37.3 Å². The summed E-state index contributed by atoms with van der Waals surface area (Å²) >= 11 is 0. The number of para-hydroxylation sites is 1. The number of ether oxygens (including phenoxy) is 1. The minimum atomic E-state index is -1.19. The summed E-state index contributed by atoms with van der Waals surface area (Å²) in [6.45, 7) is 8.96. The van der Waals surface area contributed by atoms with Crippen molar-refractivity contribution >= 4 is 23.8 Å². The monoisotopic (exact) mass is 552 g/mol. The van der Waals surface area contributed by atoms with Crippen LogP contribution in [0.3, 0.4) is 0 Å². The van der Waals surface area contributed by atoms with Crippen LogP contribution in [0.5, 0.6) is 5.75 Å². The highest BCUT2D eigenvalue weighted by molar-refractivity contribution is 5.93. The molecule has 40 heavy (non-hydrogen) atoms. The van der Waals surface area contributed by atoms with Crippen molar-refractivity contribution in [3.05, 3.63) is 65.2 Å². The van der Waals surface area contributed by atoms with E-state index in [1.54, 1.807) is 45.9 Å². The van der Waals surface area contributed by atoms with Gasteiger partial charge in [-0.1, -0.05) is 55.5 Å². The number of hydrogen-bond donors (Lipinski definition) is 4. The number of aryl methyl sites for hydroxylation is 1. The number of phenolic OH excluding ortho intramolecular Hbond substituents is 1. The van der Waals surface area contributed by atoms with Gasteiger partial charge in [-0.25, -0.2) is 4.79 Å². The van der Waals surface area contributed by atoms with Gasteiger partial charge in [-0.2, -0.15) is 0 Å². The van der Waals surface area contributed by atoms with Gasteiger partial charge in [0.15, 0.2) is 0 Å². The van der Waals surface area contributed by atoms with Crippen LogP contribution in [-0.4, -0.2) is 51.5 Å². The normalized spacial score (nSPS) is 17.7. The Morgan fingerprint density at radius 3 is 2.33 bits per heavy atom. The minimum Gasteiger partial charge on any atom is -0.507 e. The lowest BCUT2D eigenvalue weighted by atomic mass is 9.98. The molecular weight excluding hydrogens is 512 g/mol. The van der Waals surface area contributed by atoms with Gasteiger partial charge < -0.3 is 31.1 Å². The summed E-state index contributed by atoms with van der Waals surface area (Å²) in [5.74, 6) is -1.70. The first-order valence-corrected chi connectivity index (χ1v) is 13.5. The van der Waals surface area contributed by atoms with Crippen LogP contribution in [0.25, 0.3) is 0 Å². The van der Waals surface area contributed by atoms with E-state index in [1.165, 1.54) is 4.90 Å². The highest BCUT2D eigenvalue weighted by Crippen LogP contribution is 2.43. The number of benzene rings is 2. The fourth-order valence-corrected chi connectivity index (χ4v) is 4.55. The molecule has 0 spiro atoms. The Balaban J connectivity index is 2.02. The molecule has 0 aromatic heterocycles. The number of nitrogens with two attached hydrogens (primary N) is 1. The molecule has 1 aliphatic rings. The number of alkyl carbamates (subject to hydrolysis) is 1. The molecule has 0 radical (unpaired) electrons. The topological polar surface area (TPSA) is 151 Å². The van der Waals surface area contributed by atoms with Gasteiger partial charge in [0.25, 0.3) is 0 Å². The van der Waals surface area contributed by atoms with Gasteiger partial charge in [0.1, 0.15) is 23.4 Å². The highest BCUT2D eigenvalue weighted by atomic mass is 16.6. The average Bonchev–Trinajstić information content (AvgIpc) is 3.60. The number of nitrogens with one attached hydrogen (secondary N) is 2. The largest absolute Gasteiger partial charge is 0.507 e. The summed E-state index contributed by atoms with van der Waals surface area (Å²) in [5, 5.41) is 16.5. The van der Waals surface area contributed by atoms with E-state index < -0.39 is 41.5 Å². The minimum absolute atomic E-state index is 0.0802. The van der Waals surface area contributed by atoms with Crippen LogP contribution in [0.2, 0.25) is 0 Å². The van der Waals surface area contributed by atoms with Crippen molar-refractivity contribution in [3.8, 4) is 5.75 Å². The van der Waals surface area contributed by atoms with Crippen molar-refractivity contribution < 1.29 is 29.0 Å². The van der Waals surface area contributed by atoms with Crippen molar-refractivity contribution in [2.24, 2.45) is 11.7 Å². The van der Waals surface area contributed by atoms with E-state index in [9.17, 15) is 24.3 Å². The molecule has 1 saturated carbocycles. The van der Waals surface area contributed by atoms with Gasteiger partial charge in [-0.15, -0.1) is 0 Å². The molecule has 1 fully saturated rings. The van der Waals surface area contributed by atoms with Gasteiger partial charge in [-0.3, -0.25) is 14.4 Å². The molecular formula is C30H40N4O6. The third kappa shape index (κ3) is 8.21. The molecule has 0 saturated heterocycles. The molecule has 2 aromatic carbocycles. The smallest absolute Gasteiger partial charge is 0.408 e. The van der Waals surface area contributed by atoms with Crippen molar-refractivity contribution in [2.75, 3.05) is 0 Å². The Bertz CT molecular complexity index is 1230. The second kappa shape index (κ2) is 12.8. The van der Waals surface area contributed by atoms with Crippen molar-refractivity contribution in [1.82, 2.24) is 15.5 Å². The molecule has 0 heterocycles. The first-order valence-electron chi connectivity index (χ1n) is 13.5. The lowest BCUT2D eigenvalue weighted by Gasteiger charge is -2.35. The van der Waals surface area contributed by atoms with E-state index in [2.05, 4.69) is 10.6 Å². The number of rotatable bonds is 11. The summed E-state index contributed by atoms with van der Waals surface area (Å²) in [7, 11) is 0. The SMILES string of the molecule is Cc1cccc(C(C(=O)NCc2ccccc2)N(C(=O)C(CCC(N)=O)NC(=O)OC(C)(C)C)C2CC2C)c1O. The van der Waals surface area contributed by atoms with Crippen LogP contribution in [0.4, 0.5) is 4.79 Å². The zero-order valence-corrected chi connectivity index (χ0v) is 23.8. The fourth-order valence-electron chi connectivity index (χ4n) is 4.55. The molecule has 216 valence electrons. The van der Waals surface area contributed by atoms with E-state index in [4.69, 9.17) is 10.5 Å². The Kier molecular flexibility index (Phi) is 9.78. The maximum atomic E-state index is 14.2. The quantitative estimate of drug-likeness (QED) is 0.335. The molecule has 2 aromatic rings. The molecule has 5 N–H and O–H groups in total. The lowest BCUT2D eigenvalue weighted by molar-refractivity contribution is -0.143. The molecule has 4 atom stereocenters. The molecule has 3 rings (SSSR count). The molecule has 0 aliphatic heterocycles. The van der Waals surface area contributed by atoms with Crippen LogP contribution in [0.15, 0.2) is 48.5 Å². The number of amides is 4. The second-order valence-electron chi connectivity index (χ2n) is 11.3. The second-order valence-corrected chi connectivity index (χ2v) is 11.3. The number of hydrogen-bond acceptors (Lipinski definition) is 6. The van der Waals surface area contributed by atoms with Crippen LogP contribution in [0, 0.1) is 12.8 Å². The van der Waals surface area contributed by atoms with Crippen molar-refractivity contribution in [2.45, 2.75) is 84.2 Å². The fraction of sp³-hybridized carbons (Fsp3) is 0.467. The van der Waals surface area contributed by atoms with Gasteiger partial charge in [0.2, 0.25) is 17.7 Å². The molecule has 4 amide bonds. The predicted molar refractivity (Wildman–Crippen MR) is 150 cm³/mol. The molecule has 10 nitrogen and oxygen atoms in total. The van der Waals surface area contributed by atoms with Gasteiger partial charge in [0, 0.05) is 24.6 Å². The first kappa shape index (κ1) is 30.5. The van der Waals surface area contributed by atoms with E-state index in [0.29, 0.717) is 12.0 Å². The van der Waals surface area contributed by atoms with Gasteiger partial charge in [0.05, 0.1) is 0 Å². The summed E-state index contributed by atoms with van der Waals surface area (Å²) < 4.78 is 5.36. The predicted octanol–water partition coefficient (Wildman–Crippen LogP) is 3.45. The van der Waals surface area contributed by atoms with Crippen LogP contribution >= 0.6 is 0 Å². The molecule has 1 aliphatic carbocycles. The average molecular weight is 553 g/mol. The summed E-state index contributed by atoms with van der Waals surface area (Å²) in [5.41, 5.74) is 6.23. The van der Waals surface area contributed by atoms with Gasteiger partial charge >= 0.3 is 6.09 Å². The Morgan fingerprint density at radius 2 is 1.75 bits per heavy atom. The van der Waals surface area contributed by atoms with Crippen LogP contribution < -0.4 is 16.4 Å². The lowest BCUT2D eigenvalue weighted by Crippen LogP contribution is -2.54. The standard InChI is InChI=1S/C30H40N4O6/c1-18-10-9-13-21(26(18)36)25(27(37)32-17-20-11-7-6-8-12-20)34(23-16-19(23)2)28(38)22(14-15-24(31)35)33-29(39)40-30(3,4)5/h6-13,19,22-23,25,36H,14-17H2,1-5H3,(H2,31,35)(H,32,37)(H,33,39). The third-order valence-corrected chi connectivity index (χ3v) is 6.75. The van der Waals surface area contributed by atoms with Crippen LogP contribution in [-0.2, 0) is 25.7 Å². The zero-order valence-electron chi connectivity index (χ0n) is 23.8. The van der Waals surface area contributed by atoms with Crippen molar-refractivity contribution in [3.63, 3.8) is 0 Å². The summed E-state index contributed by atoms with van der Waals surface area (Å²) in [6, 6.07) is 11.7. The third-order valence-electron chi connectivity index (χ3n) is 6.75. The van der Waals surface area contributed by atoms with E-state index in [0.717, 1.165) is 5.56 Å². The highest BCUT2D eigenvalue weighted by Gasteiger charge is 2.48. The molecule has 0 bridgehead atoms. The maximum Gasteiger partial charge on any atom is 0.408 e. The first-order chi connectivity index (χ1) is 18.8. The molecule has 4 unspecified atom stereocenters.